The molecule has 2 heterocycles. The van der Waals surface area contributed by atoms with Crippen LogP contribution in [0.5, 0.6) is 0 Å². The van der Waals surface area contributed by atoms with Crippen molar-refractivity contribution in [2.45, 2.75) is 45.1 Å². The third-order valence-electron chi connectivity index (χ3n) is 3.22. The quantitative estimate of drug-likeness (QED) is 0.871. The van der Waals surface area contributed by atoms with Gasteiger partial charge in [-0.05, 0) is 18.4 Å². The Morgan fingerprint density at radius 1 is 1.50 bits per heavy atom. The number of nitrogens with zero attached hydrogens (tertiary/aromatic N) is 2. The Morgan fingerprint density at radius 3 is 2.83 bits per heavy atom. The van der Waals surface area contributed by atoms with E-state index in [1.807, 2.05) is 6.92 Å². The standard InChI is InChI=1S/C11H16F3N3O/c1-2-8-7-3-4-17(6-9(7)16-15-8)10(18)5-11(12,13)14/h10,18H,2-6H2,1H3,(H,15,16). The lowest BCUT2D eigenvalue weighted by Gasteiger charge is -2.31. The number of nitrogens with one attached hydrogen (secondary N) is 1. The van der Waals surface area contributed by atoms with Gasteiger partial charge in [0, 0.05) is 13.1 Å². The van der Waals surface area contributed by atoms with Crippen molar-refractivity contribution in [2.24, 2.45) is 0 Å². The van der Waals surface area contributed by atoms with E-state index in [1.54, 1.807) is 0 Å². The minimum atomic E-state index is -4.34. The minimum Gasteiger partial charge on any atom is -0.378 e. The van der Waals surface area contributed by atoms with Crippen LogP contribution in [-0.4, -0.2) is 39.2 Å². The topological polar surface area (TPSA) is 52.2 Å². The second-order valence-corrected chi connectivity index (χ2v) is 4.50. The van der Waals surface area contributed by atoms with E-state index in [-0.39, 0.29) is 0 Å². The van der Waals surface area contributed by atoms with Gasteiger partial charge < -0.3 is 5.11 Å². The number of aryl methyl sites for hydroxylation is 1. The van der Waals surface area contributed by atoms with Gasteiger partial charge >= 0.3 is 6.18 Å². The molecule has 1 atom stereocenters. The zero-order chi connectivity index (χ0) is 13.3. The third-order valence-corrected chi connectivity index (χ3v) is 3.22. The number of alkyl halides is 3. The highest BCUT2D eigenvalue weighted by atomic mass is 19.4. The first-order valence-electron chi connectivity index (χ1n) is 5.94. The van der Waals surface area contributed by atoms with Crippen LogP contribution in [0.3, 0.4) is 0 Å². The van der Waals surface area contributed by atoms with Crippen molar-refractivity contribution >= 4 is 0 Å². The van der Waals surface area contributed by atoms with Crippen molar-refractivity contribution in [3.05, 3.63) is 17.0 Å². The van der Waals surface area contributed by atoms with Crippen molar-refractivity contribution in [3.8, 4) is 0 Å². The van der Waals surface area contributed by atoms with Crippen LogP contribution in [0.25, 0.3) is 0 Å². The van der Waals surface area contributed by atoms with E-state index in [2.05, 4.69) is 10.2 Å². The SMILES string of the molecule is CCc1n[nH]c2c1CCN(C(O)CC(F)(F)F)C2. The van der Waals surface area contributed by atoms with Gasteiger partial charge in [-0.1, -0.05) is 6.92 Å². The van der Waals surface area contributed by atoms with E-state index >= 15 is 0 Å². The normalized spacial score (nSPS) is 18.7. The van der Waals surface area contributed by atoms with Gasteiger partial charge in [-0.25, -0.2) is 0 Å². The lowest BCUT2D eigenvalue weighted by Crippen LogP contribution is -2.41. The molecule has 0 radical (unpaired) electrons. The Hall–Kier alpha value is -1.08. The van der Waals surface area contributed by atoms with Crippen molar-refractivity contribution in [2.75, 3.05) is 6.54 Å². The lowest BCUT2D eigenvalue weighted by molar-refractivity contribution is -0.175. The van der Waals surface area contributed by atoms with Crippen LogP contribution in [0.15, 0.2) is 0 Å². The summed E-state index contributed by atoms with van der Waals surface area (Å²) in [5.74, 6) is 0. The molecule has 1 aromatic heterocycles. The zero-order valence-corrected chi connectivity index (χ0v) is 10.1. The number of halogens is 3. The Balaban J connectivity index is 2.03. The molecule has 0 saturated heterocycles. The van der Waals surface area contributed by atoms with Crippen molar-refractivity contribution in [3.63, 3.8) is 0 Å². The van der Waals surface area contributed by atoms with Gasteiger partial charge in [0.25, 0.3) is 0 Å². The molecule has 0 saturated carbocycles. The van der Waals surface area contributed by atoms with Crippen LogP contribution < -0.4 is 0 Å². The monoisotopic (exact) mass is 263 g/mol. The number of aromatic nitrogens is 2. The maximum Gasteiger partial charge on any atom is 0.392 e. The van der Waals surface area contributed by atoms with Crippen molar-refractivity contribution in [1.29, 1.82) is 0 Å². The van der Waals surface area contributed by atoms with Gasteiger partial charge in [-0.3, -0.25) is 10.00 Å². The average molecular weight is 263 g/mol. The molecular weight excluding hydrogens is 247 g/mol. The fourth-order valence-electron chi connectivity index (χ4n) is 2.29. The molecule has 0 spiro atoms. The summed E-state index contributed by atoms with van der Waals surface area (Å²) in [7, 11) is 0. The predicted molar refractivity (Wildman–Crippen MR) is 58.8 cm³/mol. The second-order valence-electron chi connectivity index (χ2n) is 4.50. The molecule has 0 amide bonds. The highest BCUT2D eigenvalue weighted by molar-refractivity contribution is 5.27. The van der Waals surface area contributed by atoms with Gasteiger partial charge in [-0.15, -0.1) is 0 Å². The maximum atomic E-state index is 12.2. The van der Waals surface area contributed by atoms with E-state index in [0.717, 1.165) is 23.4 Å². The first kappa shape index (κ1) is 13.4. The molecular formula is C11H16F3N3O. The predicted octanol–water partition coefficient (Wildman–Crippen LogP) is 1.60. The second kappa shape index (κ2) is 4.89. The Labute approximate surface area is 103 Å². The zero-order valence-electron chi connectivity index (χ0n) is 10.1. The first-order valence-corrected chi connectivity index (χ1v) is 5.94. The number of hydrogen-bond donors (Lipinski definition) is 2. The highest BCUT2D eigenvalue weighted by Crippen LogP contribution is 2.27. The van der Waals surface area contributed by atoms with E-state index in [4.69, 9.17) is 0 Å². The Morgan fingerprint density at radius 2 is 2.22 bits per heavy atom. The molecule has 0 fully saturated rings. The lowest BCUT2D eigenvalue weighted by atomic mass is 10.0. The Bertz CT molecular complexity index is 416. The number of aliphatic hydroxyl groups is 1. The van der Waals surface area contributed by atoms with E-state index in [9.17, 15) is 18.3 Å². The van der Waals surface area contributed by atoms with E-state index in [1.165, 1.54) is 4.90 Å². The van der Waals surface area contributed by atoms with Crippen molar-refractivity contribution < 1.29 is 18.3 Å². The van der Waals surface area contributed by atoms with Crippen LogP contribution in [0.4, 0.5) is 13.2 Å². The third kappa shape index (κ3) is 2.84. The number of hydrogen-bond acceptors (Lipinski definition) is 3. The largest absolute Gasteiger partial charge is 0.392 e. The number of fused-ring (bicyclic) bond motifs is 1. The smallest absolute Gasteiger partial charge is 0.378 e. The van der Waals surface area contributed by atoms with Gasteiger partial charge in [0.1, 0.15) is 6.23 Å². The fourth-order valence-corrected chi connectivity index (χ4v) is 2.29. The van der Waals surface area contributed by atoms with Gasteiger partial charge in [0.05, 0.1) is 17.8 Å². The van der Waals surface area contributed by atoms with Crippen molar-refractivity contribution in [1.82, 2.24) is 15.1 Å². The molecule has 1 aromatic rings. The summed E-state index contributed by atoms with van der Waals surface area (Å²) in [5.41, 5.74) is 2.88. The summed E-state index contributed by atoms with van der Waals surface area (Å²) in [5, 5.41) is 16.5. The molecule has 18 heavy (non-hydrogen) atoms. The molecule has 0 aliphatic carbocycles. The molecule has 0 aromatic carbocycles. The number of rotatable bonds is 3. The number of aromatic amines is 1. The summed E-state index contributed by atoms with van der Waals surface area (Å²) in [6.45, 7) is 2.71. The van der Waals surface area contributed by atoms with E-state index < -0.39 is 18.8 Å². The van der Waals surface area contributed by atoms with Crippen LogP contribution >= 0.6 is 0 Å². The van der Waals surface area contributed by atoms with Gasteiger partial charge in [-0.2, -0.15) is 18.3 Å². The van der Waals surface area contributed by atoms with Crippen LogP contribution in [0.2, 0.25) is 0 Å². The molecule has 1 unspecified atom stereocenters. The Kier molecular flexibility index (Phi) is 3.63. The summed E-state index contributed by atoms with van der Waals surface area (Å²) in [6, 6.07) is 0. The molecule has 102 valence electrons. The van der Waals surface area contributed by atoms with Crippen LogP contribution in [0.1, 0.15) is 30.3 Å². The minimum absolute atomic E-state index is 0.291. The molecule has 1 aliphatic rings. The summed E-state index contributed by atoms with van der Waals surface area (Å²) in [6.07, 6.45) is -5.59. The summed E-state index contributed by atoms with van der Waals surface area (Å²) >= 11 is 0. The fraction of sp³-hybridized carbons (Fsp3) is 0.727. The van der Waals surface area contributed by atoms with Gasteiger partial charge in [0.2, 0.25) is 0 Å². The molecule has 4 nitrogen and oxygen atoms in total. The number of H-pyrrole nitrogens is 1. The molecule has 2 rings (SSSR count). The van der Waals surface area contributed by atoms with Crippen LogP contribution in [-0.2, 0) is 19.4 Å². The van der Waals surface area contributed by atoms with Crippen LogP contribution in [0, 0.1) is 0 Å². The molecule has 0 bridgehead atoms. The first-order chi connectivity index (χ1) is 8.40. The molecule has 7 heteroatoms. The van der Waals surface area contributed by atoms with Gasteiger partial charge in [0.15, 0.2) is 0 Å². The summed E-state index contributed by atoms with van der Waals surface area (Å²) < 4.78 is 36.6. The highest BCUT2D eigenvalue weighted by Gasteiger charge is 2.35. The maximum absolute atomic E-state index is 12.2. The summed E-state index contributed by atoms with van der Waals surface area (Å²) in [4.78, 5) is 1.42. The molecule has 1 aliphatic heterocycles. The number of aliphatic hydroxyl groups excluding tert-OH is 1. The van der Waals surface area contributed by atoms with E-state index in [0.29, 0.717) is 19.5 Å². The molecule has 2 N–H and O–H groups in total. The average Bonchev–Trinajstić information content (AvgIpc) is 2.68.